The van der Waals surface area contributed by atoms with Crippen molar-refractivity contribution < 1.29 is 14.0 Å². The van der Waals surface area contributed by atoms with Gasteiger partial charge in [-0.1, -0.05) is 39.8 Å². The minimum atomic E-state index is -0.715. The molecule has 148 valence electrons. The van der Waals surface area contributed by atoms with Gasteiger partial charge in [0.25, 0.3) is 5.91 Å². The van der Waals surface area contributed by atoms with Crippen LogP contribution in [-0.2, 0) is 4.79 Å². The van der Waals surface area contributed by atoms with Gasteiger partial charge in [0.05, 0.1) is 5.56 Å². The Kier molecular flexibility index (Phi) is 10.4. The van der Waals surface area contributed by atoms with Crippen molar-refractivity contribution in [1.82, 2.24) is 10.2 Å². The molecule has 0 aliphatic carbocycles. The van der Waals surface area contributed by atoms with Gasteiger partial charge in [-0.2, -0.15) is 0 Å². The third-order valence-corrected chi connectivity index (χ3v) is 4.37. The summed E-state index contributed by atoms with van der Waals surface area (Å²) in [6.45, 7) is 8.28. The molecule has 2 amide bonds. The number of nitrogens with two attached hydrogens (primary N) is 1. The SMILES string of the molecule is CC(C)C(N)CCN(C)C(=O)C(NC(=O)c1ccccc1F)C(C)C.Cl. The van der Waals surface area contributed by atoms with Gasteiger partial charge in [-0.05, 0) is 30.4 Å². The van der Waals surface area contributed by atoms with E-state index < -0.39 is 17.8 Å². The fourth-order valence-electron chi connectivity index (χ4n) is 2.40. The quantitative estimate of drug-likeness (QED) is 0.720. The van der Waals surface area contributed by atoms with Gasteiger partial charge in [0.15, 0.2) is 0 Å². The molecule has 3 N–H and O–H groups in total. The zero-order chi connectivity index (χ0) is 19.1. The molecule has 0 aliphatic heterocycles. The summed E-state index contributed by atoms with van der Waals surface area (Å²) in [7, 11) is 1.69. The van der Waals surface area contributed by atoms with Gasteiger partial charge in [0, 0.05) is 19.6 Å². The highest BCUT2D eigenvalue weighted by Gasteiger charge is 2.28. The normalized spacial score (nSPS) is 13.1. The number of carbonyl (C=O) groups excluding carboxylic acids is 2. The number of hydrogen-bond acceptors (Lipinski definition) is 3. The van der Waals surface area contributed by atoms with Crippen LogP contribution in [0.25, 0.3) is 0 Å². The molecule has 7 heteroatoms. The second-order valence-corrected chi connectivity index (χ2v) is 7.13. The predicted molar refractivity (Wildman–Crippen MR) is 105 cm³/mol. The smallest absolute Gasteiger partial charge is 0.254 e. The molecule has 0 aliphatic rings. The van der Waals surface area contributed by atoms with Gasteiger partial charge in [0.2, 0.25) is 5.91 Å². The number of carbonyl (C=O) groups is 2. The van der Waals surface area contributed by atoms with E-state index >= 15 is 0 Å². The number of nitrogens with one attached hydrogen (secondary N) is 1. The monoisotopic (exact) mass is 387 g/mol. The highest BCUT2D eigenvalue weighted by atomic mass is 35.5. The summed E-state index contributed by atoms with van der Waals surface area (Å²) in [5, 5.41) is 2.66. The van der Waals surface area contributed by atoms with E-state index in [0.29, 0.717) is 18.9 Å². The molecule has 2 atom stereocenters. The number of amides is 2. The van der Waals surface area contributed by atoms with Crippen molar-refractivity contribution in [2.45, 2.75) is 46.2 Å². The summed E-state index contributed by atoms with van der Waals surface area (Å²) in [6.07, 6.45) is 0.686. The number of hydrogen-bond donors (Lipinski definition) is 2. The molecular weight excluding hydrogens is 357 g/mol. The number of halogens is 2. The van der Waals surface area contributed by atoms with Crippen LogP contribution in [0.5, 0.6) is 0 Å². The van der Waals surface area contributed by atoms with Crippen LogP contribution in [-0.4, -0.2) is 42.4 Å². The maximum atomic E-state index is 13.8. The Hall–Kier alpha value is -1.66. The van der Waals surface area contributed by atoms with Crippen molar-refractivity contribution in [1.29, 1.82) is 0 Å². The summed E-state index contributed by atoms with van der Waals surface area (Å²) < 4.78 is 13.8. The average Bonchev–Trinajstić information content (AvgIpc) is 2.56. The zero-order valence-corrected chi connectivity index (χ0v) is 17.0. The Labute approximate surface area is 161 Å². The lowest BCUT2D eigenvalue weighted by atomic mass is 10.00. The summed E-state index contributed by atoms with van der Waals surface area (Å²) in [4.78, 5) is 26.6. The highest BCUT2D eigenvalue weighted by Crippen LogP contribution is 2.11. The maximum absolute atomic E-state index is 13.8. The summed E-state index contributed by atoms with van der Waals surface area (Å²) >= 11 is 0. The van der Waals surface area contributed by atoms with Crippen LogP contribution >= 0.6 is 12.4 Å². The maximum Gasteiger partial charge on any atom is 0.254 e. The van der Waals surface area contributed by atoms with Gasteiger partial charge < -0.3 is 16.0 Å². The minimum Gasteiger partial charge on any atom is -0.344 e. The molecule has 5 nitrogen and oxygen atoms in total. The molecule has 0 aromatic heterocycles. The fourth-order valence-corrected chi connectivity index (χ4v) is 2.40. The number of nitrogens with zero attached hydrogens (tertiary/aromatic N) is 1. The van der Waals surface area contributed by atoms with Crippen molar-refractivity contribution in [3.63, 3.8) is 0 Å². The van der Waals surface area contributed by atoms with Crippen LogP contribution in [0.3, 0.4) is 0 Å². The Bertz CT molecular complexity index is 596. The number of benzene rings is 1. The Morgan fingerprint density at radius 2 is 1.73 bits per heavy atom. The van der Waals surface area contributed by atoms with E-state index in [1.54, 1.807) is 18.0 Å². The van der Waals surface area contributed by atoms with Gasteiger partial charge in [-0.3, -0.25) is 9.59 Å². The van der Waals surface area contributed by atoms with Crippen molar-refractivity contribution in [3.8, 4) is 0 Å². The van der Waals surface area contributed by atoms with E-state index in [1.165, 1.54) is 18.2 Å². The first-order valence-electron chi connectivity index (χ1n) is 8.71. The highest BCUT2D eigenvalue weighted by molar-refractivity contribution is 5.97. The topological polar surface area (TPSA) is 75.4 Å². The first-order valence-corrected chi connectivity index (χ1v) is 8.71. The molecule has 2 unspecified atom stereocenters. The first-order chi connectivity index (χ1) is 11.6. The molecule has 1 aromatic rings. The van der Waals surface area contributed by atoms with E-state index in [4.69, 9.17) is 5.73 Å². The molecule has 26 heavy (non-hydrogen) atoms. The van der Waals surface area contributed by atoms with Crippen LogP contribution in [0.1, 0.15) is 44.5 Å². The number of likely N-dealkylation sites (N-methyl/N-ethyl adjacent to an activating group) is 1. The molecule has 0 saturated heterocycles. The zero-order valence-electron chi connectivity index (χ0n) is 16.2. The molecule has 0 bridgehead atoms. The van der Waals surface area contributed by atoms with Gasteiger partial charge >= 0.3 is 0 Å². The Morgan fingerprint density at radius 1 is 1.15 bits per heavy atom. The van der Waals surface area contributed by atoms with Crippen molar-refractivity contribution >= 4 is 24.2 Å². The lowest BCUT2D eigenvalue weighted by Crippen LogP contribution is -2.51. The average molecular weight is 388 g/mol. The Morgan fingerprint density at radius 3 is 2.23 bits per heavy atom. The van der Waals surface area contributed by atoms with Crippen LogP contribution < -0.4 is 11.1 Å². The minimum absolute atomic E-state index is 0. The first kappa shape index (κ1) is 24.3. The second kappa shape index (κ2) is 11.1. The molecular formula is C19H31ClFN3O2. The standard InChI is InChI=1S/C19H30FN3O2.ClH/c1-12(2)16(21)10-11-23(5)19(25)17(13(3)4)22-18(24)14-8-6-7-9-15(14)20;/h6-9,12-13,16-17H,10-11,21H2,1-5H3,(H,22,24);1H. The third-order valence-electron chi connectivity index (χ3n) is 4.37. The lowest BCUT2D eigenvalue weighted by molar-refractivity contribution is -0.133. The molecule has 0 fully saturated rings. The van der Waals surface area contributed by atoms with E-state index in [1.807, 2.05) is 27.7 Å². The fraction of sp³-hybridized carbons (Fsp3) is 0.579. The molecule has 0 saturated carbocycles. The summed E-state index contributed by atoms with van der Waals surface area (Å²) in [5.74, 6) is -1.17. The number of rotatable bonds is 8. The van der Waals surface area contributed by atoms with Gasteiger partial charge in [-0.15, -0.1) is 12.4 Å². The third kappa shape index (κ3) is 6.92. The van der Waals surface area contributed by atoms with Gasteiger partial charge in [-0.25, -0.2) is 4.39 Å². The summed E-state index contributed by atoms with van der Waals surface area (Å²) in [5.41, 5.74) is 5.96. The van der Waals surface area contributed by atoms with Crippen LogP contribution in [0.4, 0.5) is 4.39 Å². The van der Waals surface area contributed by atoms with Crippen LogP contribution in [0.15, 0.2) is 24.3 Å². The van der Waals surface area contributed by atoms with Crippen LogP contribution in [0.2, 0.25) is 0 Å². The lowest BCUT2D eigenvalue weighted by Gasteiger charge is -2.28. The van der Waals surface area contributed by atoms with Crippen molar-refractivity contribution in [2.24, 2.45) is 17.6 Å². The largest absolute Gasteiger partial charge is 0.344 e. The van der Waals surface area contributed by atoms with E-state index in [9.17, 15) is 14.0 Å². The van der Waals surface area contributed by atoms with E-state index in [0.717, 1.165) is 0 Å². The van der Waals surface area contributed by atoms with Gasteiger partial charge in [0.1, 0.15) is 11.9 Å². The molecule has 1 rings (SSSR count). The van der Waals surface area contributed by atoms with Crippen molar-refractivity contribution in [3.05, 3.63) is 35.6 Å². The molecule has 0 spiro atoms. The summed E-state index contributed by atoms with van der Waals surface area (Å²) in [6, 6.07) is 5.03. The van der Waals surface area contributed by atoms with E-state index in [2.05, 4.69) is 5.32 Å². The predicted octanol–water partition coefficient (Wildman–Crippen LogP) is 2.83. The Balaban J connectivity index is 0.00000625. The molecule has 1 aromatic carbocycles. The van der Waals surface area contributed by atoms with Crippen LogP contribution in [0, 0.1) is 17.7 Å². The van der Waals surface area contributed by atoms with Crippen molar-refractivity contribution in [2.75, 3.05) is 13.6 Å². The molecule has 0 radical (unpaired) electrons. The van der Waals surface area contributed by atoms with E-state index in [-0.39, 0.29) is 35.8 Å². The second-order valence-electron chi connectivity index (χ2n) is 7.13. The molecule has 0 heterocycles.